The van der Waals surface area contributed by atoms with Crippen LogP contribution in [0, 0.1) is 12.7 Å². The third-order valence-corrected chi connectivity index (χ3v) is 4.57. The Bertz CT molecular complexity index is 687. The Morgan fingerprint density at radius 2 is 2.29 bits per heavy atom. The molecule has 1 aliphatic rings. The monoisotopic (exact) mass is 333 g/mol. The van der Waals surface area contributed by atoms with Crippen LogP contribution in [0.2, 0.25) is 0 Å². The van der Waals surface area contributed by atoms with Gasteiger partial charge in [0.25, 0.3) is 0 Å². The molecule has 1 aromatic carbocycles. The van der Waals surface area contributed by atoms with Crippen LogP contribution in [0.25, 0.3) is 11.4 Å². The van der Waals surface area contributed by atoms with Crippen molar-refractivity contribution in [3.8, 4) is 11.4 Å². The minimum atomic E-state index is -0.230. The van der Waals surface area contributed by atoms with Crippen molar-refractivity contribution in [1.82, 2.24) is 15.0 Å². The molecule has 2 unspecified atom stereocenters. The Morgan fingerprint density at radius 1 is 1.46 bits per heavy atom. The van der Waals surface area contributed by atoms with E-state index in [9.17, 15) is 4.39 Å². The van der Waals surface area contributed by atoms with Gasteiger partial charge in [0.2, 0.25) is 11.7 Å². The van der Waals surface area contributed by atoms with Gasteiger partial charge in [0.15, 0.2) is 0 Å². The minimum Gasteiger partial charge on any atom is -0.377 e. The molecule has 1 fully saturated rings. The fraction of sp³-hybridized carbons (Fsp3) is 0.556. The lowest BCUT2D eigenvalue weighted by molar-refractivity contribution is -0.00929. The third-order valence-electron chi connectivity index (χ3n) is 4.57. The van der Waals surface area contributed by atoms with E-state index in [0.717, 1.165) is 38.1 Å². The van der Waals surface area contributed by atoms with E-state index in [1.807, 2.05) is 6.92 Å². The molecule has 2 aromatic rings. The van der Waals surface area contributed by atoms with Gasteiger partial charge in [-0.15, -0.1) is 0 Å². The maximum atomic E-state index is 13.4. The fourth-order valence-corrected chi connectivity index (χ4v) is 3.15. The van der Waals surface area contributed by atoms with Crippen LogP contribution in [0.5, 0.6) is 0 Å². The number of likely N-dealkylation sites (tertiary alicyclic amines) is 1. The first kappa shape index (κ1) is 17.0. The maximum Gasteiger partial charge on any atom is 0.244 e. The molecule has 0 spiro atoms. The summed E-state index contributed by atoms with van der Waals surface area (Å²) in [7, 11) is 0. The summed E-state index contributed by atoms with van der Waals surface area (Å²) in [5.74, 6) is 0.855. The smallest absolute Gasteiger partial charge is 0.244 e. The molecular weight excluding hydrogens is 309 g/mol. The first-order chi connectivity index (χ1) is 11.6. The summed E-state index contributed by atoms with van der Waals surface area (Å²) in [6, 6.07) is 4.88. The number of aryl methyl sites for hydroxylation is 1. The molecule has 2 heterocycles. The quantitative estimate of drug-likeness (QED) is 0.834. The highest BCUT2D eigenvalue weighted by atomic mass is 19.1. The zero-order valence-electron chi connectivity index (χ0n) is 14.5. The highest BCUT2D eigenvalue weighted by molar-refractivity contribution is 5.55. The first-order valence-corrected chi connectivity index (χ1v) is 8.54. The number of aromatic nitrogens is 2. The molecule has 2 atom stereocenters. The second kappa shape index (κ2) is 7.40. The van der Waals surface area contributed by atoms with Crippen molar-refractivity contribution in [2.45, 2.75) is 45.8 Å². The summed E-state index contributed by atoms with van der Waals surface area (Å²) in [5, 5.41) is 4.06. The van der Waals surface area contributed by atoms with Gasteiger partial charge < -0.3 is 9.26 Å². The normalized spacial score (nSPS) is 20.2. The number of nitrogens with zero attached hydrogens (tertiary/aromatic N) is 3. The lowest BCUT2D eigenvalue weighted by Crippen LogP contribution is -2.41. The molecule has 0 radical (unpaired) electrons. The van der Waals surface area contributed by atoms with Gasteiger partial charge in [0, 0.05) is 18.7 Å². The summed E-state index contributed by atoms with van der Waals surface area (Å²) in [5.41, 5.74) is 1.34. The van der Waals surface area contributed by atoms with Crippen LogP contribution in [0.3, 0.4) is 0 Å². The van der Waals surface area contributed by atoms with E-state index in [1.54, 1.807) is 19.1 Å². The number of ether oxygens (including phenoxy) is 1. The van der Waals surface area contributed by atoms with Crippen molar-refractivity contribution in [2.75, 3.05) is 19.7 Å². The van der Waals surface area contributed by atoms with Crippen molar-refractivity contribution in [3.63, 3.8) is 0 Å². The van der Waals surface area contributed by atoms with Crippen LogP contribution in [0.15, 0.2) is 22.7 Å². The molecular formula is C18H24FN3O2. The second-order valence-corrected chi connectivity index (χ2v) is 6.31. The van der Waals surface area contributed by atoms with Gasteiger partial charge in [-0.3, -0.25) is 4.90 Å². The number of hydrogen-bond donors (Lipinski definition) is 0. The topological polar surface area (TPSA) is 51.4 Å². The molecule has 3 rings (SSSR count). The third kappa shape index (κ3) is 3.65. The standard InChI is InChI=1S/C18H24FN3O2/c1-4-23-15-6-5-9-22(11-15)13(3)18-20-17(21-24-18)14-7-8-16(19)12(2)10-14/h7-8,10,13,15H,4-6,9,11H2,1-3H3. The van der Waals surface area contributed by atoms with Crippen molar-refractivity contribution in [3.05, 3.63) is 35.5 Å². The highest BCUT2D eigenvalue weighted by Gasteiger charge is 2.28. The Labute approximate surface area is 141 Å². The van der Waals surface area contributed by atoms with Crippen LogP contribution < -0.4 is 0 Å². The molecule has 1 aromatic heterocycles. The number of piperidine rings is 1. The fourth-order valence-electron chi connectivity index (χ4n) is 3.15. The van der Waals surface area contributed by atoms with E-state index in [-0.39, 0.29) is 18.0 Å². The van der Waals surface area contributed by atoms with Gasteiger partial charge in [-0.2, -0.15) is 4.98 Å². The van der Waals surface area contributed by atoms with E-state index < -0.39 is 0 Å². The van der Waals surface area contributed by atoms with E-state index in [4.69, 9.17) is 9.26 Å². The van der Waals surface area contributed by atoms with Crippen molar-refractivity contribution in [2.24, 2.45) is 0 Å². The molecule has 0 amide bonds. The van der Waals surface area contributed by atoms with E-state index in [1.165, 1.54) is 6.07 Å². The van der Waals surface area contributed by atoms with Gasteiger partial charge in [-0.05, 0) is 63.9 Å². The largest absolute Gasteiger partial charge is 0.377 e. The zero-order chi connectivity index (χ0) is 17.1. The van der Waals surface area contributed by atoms with E-state index >= 15 is 0 Å². The molecule has 5 nitrogen and oxygen atoms in total. The summed E-state index contributed by atoms with van der Waals surface area (Å²) in [6.07, 6.45) is 2.47. The SMILES string of the molecule is CCOC1CCCN(C(C)c2nc(-c3ccc(F)c(C)c3)no2)C1. The average Bonchev–Trinajstić information content (AvgIpc) is 3.07. The van der Waals surface area contributed by atoms with E-state index in [0.29, 0.717) is 17.3 Å². The number of rotatable bonds is 5. The van der Waals surface area contributed by atoms with E-state index in [2.05, 4.69) is 22.0 Å². The maximum absolute atomic E-state index is 13.4. The second-order valence-electron chi connectivity index (χ2n) is 6.31. The Kier molecular flexibility index (Phi) is 5.26. The number of benzene rings is 1. The summed E-state index contributed by atoms with van der Waals surface area (Å²) < 4.78 is 24.6. The van der Waals surface area contributed by atoms with Crippen LogP contribution in [-0.4, -0.2) is 40.8 Å². The molecule has 6 heteroatoms. The summed E-state index contributed by atoms with van der Waals surface area (Å²) in [4.78, 5) is 6.83. The van der Waals surface area contributed by atoms with Crippen molar-refractivity contribution >= 4 is 0 Å². The minimum absolute atomic E-state index is 0.0380. The molecule has 0 saturated carbocycles. The Morgan fingerprint density at radius 3 is 3.04 bits per heavy atom. The van der Waals surface area contributed by atoms with Crippen LogP contribution in [0.4, 0.5) is 4.39 Å². The molecule has 1 saturated heterocycles. The summed E-state index contributed by atoms with van der Waals surface area (Å²) in [6.45, 7) is 8.44. The van der Waals surface area contributed by atoms with Gasteiger partial charge in [0.1, 0.15) is 5.82 Å². The molecule has 0 N–H and O–H groups in total. The molecule has 0 aliphatic carbocycles. The summed E-state index contributed by atoms with van der Waals surface area (Å²) >= 11 is 0. The van der Waals surface area contributed by atoms with Gasteiger partial charge in [-0.25, -0.2) is 4.39 Å². The predicted octanol–water partition coefficient (Wildman–Crippen LogP) is 3.75. The molecule has 0 bridgehead atoms. The van der Waals surface area contributed by atoms with Crippen LogP contribution in [-0.2, 0) is 4.74 Å². The Balaban J connectivity index is 1.73. The Hall–Kier alpha value is -1.79. The molecule has 1 aliphatic heterocycles. The predicted molar refractivity (Wildman–Crippen MR) is 89.1 cm³/mol. The van der Waals surface area contributed by atoms with Gasteiger partial charge in [0.05, 0.1) is 12.1 Å². The first-order valence-electron chi connectivity index (χ1n) is 8.54. The lowest BCUT2D eigenvalue weighted by Gasteiger charge is -2.34. The zero-order valence-corrected chi connectivity index (χ0v) is 14.5. The molecule has 24 heavy (non-hydrogen) atoms. The van der Waals surface area contributed by atoms with Crippen molar-refractivity contribution in [1.29, 1.82) is 0 Å². The average molecular weight is 333 g/mol. The lowest BCUT2D eigenvalue weighted by atomic mass is 10.1. The molecule has 130 valence electrons. The van der Waals surface area contributed by atoms with Gasteiger partial charge in [-0.1, -0.05) is 5.16 Å². The van der Waals surface area contributed by atoms with Crippen LogP contribution in [0.1, 0.15) is 44.2 Å². The number of hydrogen-bond acceptors (Lipinski definition) is 5. The van der Waals surface area contributed by atoms with Gasteiger partial charge >= 0.3 is 0 Å². The highest BCUT2D eigenvalue weighted by Crippen LogP contribution is 2.26. The van der Waals surface area contributed by atoms with Crippen molar-refractivity contribution < 1.29 is 13.7 Å². The van der Waals surface area contributed by atoms with Crippen LogP contribution >= 0.6 is 0 Å². The number of halogens is 1.